The SMILES string of the molecule is CCN(CCOC)CC(C=O)(CC)CC. The molecule has 0 N–H and O–H groups in total. The van der Waals surface area contributed by atoms with Crippen molar-refractivity contribution in [2.45, 2.75) is 33.6 Å². The predicted molar refractivity (Wildman–Crippen MR) is 63.1 cm³/mol. The van der Waals surface area contributed by atoms with E-state index in [1.807, 2.05) is 0 Å². The Labute approximate surface area is 93.8 Å². The molecule has 0 saturated heterocycles. The third kappa shape index (κ3) is 4.76. The van der Waals surface area contributed by atoms with Crippen molar-refractivity contribution in [3.8, 4) is 0 Å². The minimum Gasteiger partial charge on any atom is -0.383 e. The average Bonchev–Trinajstić information content (AvgIpc) is 2.30. The van der Waals surface area contributed by atoms with Gasteiger partial charge in [0.15, 0.2) is 0 Å². The number of aldehydes is 1. The summed E-state index contributed by atoms with van der Waals surface area (Å²) in [4.78, 5) is 13.4. The predicted octanol–water partition coefficient (Wildman–Crippen LogP) is 1.96. The van der Waals surface area contributed by atoms with Crippen molar-refractivity contribution in [2.24, 2.45) is 5.41 Å². The highest BCUT2D eigenvalue weighted by Gasteiger charge is 2.27. The zero-order chi connectivity index (χ0) is 11.7. The van der Waals surface area contributed by atoms with Crippen LogP contribution >= 0.6 is 0 Å². The van der Waals surface area contributed by atoms with Gasteiger partial charge in [-0.3, -0.25) is 0 Å². The molecule has 0 spiro atoms. The molecule has 0 saturated carbocycles. The molecule has 3 nitrogen and oxygen atoms in total. The fourth-order valence-corrected chi connectivity index (χ4v) is 1.69. The molecule has 0 atom stereocenters. The van der Waals surface area contributed by atoms with Crippen molar-refractivity contribution in [3.63, 3.8) is 0 Å². The first-order valence-electron chi connectivity index (χ1n) is 5.85. The maximum Gasteiger partial charge on any atom is 0.127 e. The smallest absolute Gasteiger partial charge is 0.127 e. The summed E-state index contributed by atoms with van der Waals surface area (Å²) in [6.45, 7) is 9.75. The lowest BCUT2D eigenvalue weighted by Gasteiger charge is -2.32. The largest absolute Gasteiger partial charge is 0.383 e. The Balaban J connectivity index is 4.27. The van der Waals surface area contributed by atoms with E-state index in [9.17, 15) is 4.79 Å². The molecule has 0 aromatic carbocycles. The molecule has 0 aliphatic carbocycles. The maximum atomic E-state index is 11.2. The lowest BCUT2D eigenvalue weighted by molar-refractivity contribution is -0.117. The number of nitrogens with zero attached hydrogens (tertiary/aromatic N) is 1. The molecule has 15 heavy (non-hydrogen) atoms. The van der Waals surface area contributed by atoms with E-state index in [4.69, 9.17) is 4.74 Å². The Kier molecular flexibility index (Phi) is 7.61. The van der Waals surface area contributed by atoms with E-state index >= 15 is 0 Å². The number of hydrogen-bond acceptors (Lipinski definition) is 3. The molecule has 0 fully saturated rings. The van der Waals surface area contributed by atoms with E-state index in [2.05, 4.69) is 25.7 Å². The fraction of sp³-hybridized carbons (Fsp3) is 0.917. The second-order valence-electron chi connectivity index (χ2n) is 4.05. The summed E-state index contributed by atoms with van der Waals surface area (Å²) in [5.41, 5.74) is -0.163. The molecule has 0 amide bonds. The third-order valence-electron chi connectivity index (χ3n) is 3.26. The normalized spacial score (nSPS) is 12.1. The van der Waals surface area contributed by atoms with Gasteiger partial charge in [0.1, 0.15) is 6.29 Å². The summed E-state index contributed by atoms with van der Waals surface area (Å²) in [7, 11) is 1.71. The number of hydrogen-bond donors (Lipinski definition) is 0. The van der Waals surface area contributed by atoms with E-state index in [-0.39, 0.29) is 5.41 Å². The maximum absolute atomic E-state index is 11.2. The zero-order valence-corrected chi connectivity index (χ0v) is 10.6. The average molecular weight is 215 g/mol. The van der Waals surface area contributed by atoms with Gasteiger partial charge in [-0.2, -0.15) is 0 Å². The minimum absolute atomic E-state index is 0.163. The Morgan fingerprint density at radius 2 is 1.87 bits per heavy atom. The number of likely N-dealkylation sites (N-methyl/N-ethyl adjacent to an activating group) is 1. The molecule has 0 unspecified atom stereocenters. The molecular formula is C12H25NO2. The molecule has 0 heterocycles. The molecule has 0 radical (unpaired) electrons. The van der Waals surface area contributed by atoms with E-state index in [0.29, 0.717) is 0 Å². The van der Waals surface area contributed by atoms with Crippen molar-refractivity contribution in [1.82, 2.24) is 4.90 Å². The van der Waals surface area contributed by atoms with Crippen LogP contribution in [0.1, 0.15) is 33.6 Å². The summed E-state index contributed by atoms with van der Waals surface area (Å²) >= 11 is 0. The Bertz CT molecular complexity index is 167. The standard InChI is InChI=1S/C12H25NO2/c1-5-12(6-2,11-14)10-13(7-3)8-9-15-4/h11H,5-10H2,1-4H3. The molecule has 0 bridgehead atoms. The van der Waals surface area contributed by atoms with Gasteiger partial charge in [-0.25, -0.2) is 0 Å². The van der Waals surface area contributed by atoms with E-state index in [1.165, 1.54) is 0 Å². The van der Waals surface area contributed by atoms with Crippen molar-refractivity contribution in [3.05, 3.63) is 0 Å². The van der Waals surface area contributed by atoms with Crippen LogP contribution in [0.25, 0.3) is 0 Å². The molecule has 0 aliphatic heterocycles. The van der Waals surface area contributed by atoms with Gasteiger partial charge in [-0.05, 0) is 19.4 Å². The summed E-state index contributed by atoms with van der Waals surface area (Å²) in [5, 5.41) is 0. The zero-order valence-electron chi connectivity index (χ0n) is 10.6. The van der Waals surface area contributed by atoms with Gasteiger partial charge in [-0.15, -0.1) is 0 Å². The monoisotopic (exact) mass is 215 g/mol. The van der Waals surface area contributed by atoms with Crippen LogP contribution in [-0.4, -0.2) is 44.5 Å². The van der Waals surface area contributed by atoms with Gasteiger partial charge in [0.05, 0.1) is 6.61 Å². The number of carbonyl (C=O) groups excluding carboxylic acids is 1. The van der Waals surface area contributed by atoms with Crippen molar-refractivity contribution >= 4 is 6.29 Å². The van der Waals surface area contributed by atoms with Crippen LogP contribution in [0.2, 0.25) is 0 Å². The summed E-state index contributed by atoms with van der Waals surface area (Å²) < 4.78 is 5.06. The van der Waals surface area contributed by atoms with Gasteiger partial charge >= 0.3 is 0 Å². The molecule has 3 heteroatoms. The highest BCUT2D eigenvalue weighted by molar-refractivity contribution is 5.59. The quantitative estimate of drug-likeness (QED) is 0.551. The van der Waals surface area contributed by atoms with Gasteiger partial charge in [-0.1, -0.05) is 20.8 Å². The Hall–Kier alpha value is -0.410. The van der Waals surface area contributed by atoms with Gasteiger partial charge < -0.3 is 14.4 Å². The Morgan fingerprint density at radius 3 is 2.20 bits per heavy atom. The van der Waals surface area contributed by atoms with E-state index in [1.54, 1.807) is 7.11 Å². The van der Waals surface area contributed by atoms with Gasteiger partial charge in [0.2, 0.25) is 0 Å². The number of methoxy groups -OCH3 is 1. The van der Waals surface area contributed by atoms with Gasteiger partial charge in [0.25, 0.3) is 0 Å². The highest BCUT2D eigenvalue weighted by Crippen LogP contribution is 2.24. The second-order valence-corrected chi connectivity index (χ2v) is 4.05. The molecular weight excluding hydrogens is 190 g/mol. The first kappa shape index (κ1) is 14.6. The van der Waals surface area contributed by atoms with Crippen molar-refractivity contribution in [1.29, 1.82) is 0 Å². The first-order valence-corrected chi connectivity index (χ1v) is 5.85. The molecule has 0 rings (SSSR count). The fourth-order valence-electron chi connectivity index (χ4n) is 1.69. The van der Waals surface area contributed by atoms with Gasteiger partial charge in [0, 0.05) is 25.6 Å². The number of rotatable bonds is 9. The molecule has 90 valence electrons. The molecule has 0 aromatic rings. The second kappa shape index (κ2) is 7.83. The minimum atomic E-state index is -0.163. The lowest BCUT2D eigenvalue weighted by Crippen LogP contribution is -2.39. The van der Waals surface area contributed by atoms with E-state index < -0.39 is 0 Å². The molecule has 0 aliphatic rings. The number of carbonyl (C=O) groups is 1. The summed E-state index contributed by atoms with van der Waals surface area (Å²) in [6.07, 6.45) is 2.95. The van der Waals surface area contributed by atoms with Crippen molar-refractivity contribution < 1.29 is 9.53 Å². The van der Waals surface area contributed by atoms with Crippen LogP contribution < -0.4 is 0 Å². The van der Waals surface area contributed by atoms with Crippen LogP contribution in [0.5, 0.6) is 0 Å². The van der Waals surface area contributed by atoms with Crippen LogP contribution in [0.15, 0.2) is 0 Å². The van der Waals surface area contributed by atoms with Crippen LogP contribution in [-0.2, 0) is 9.53 Å². The highest BCUT2D eigenvalue weighted by atomic mass is 16.5. The number of ether oxygens (including phenoxy) is 1. The first-order chi connectivity index (χ1) is 7.17. The lowest BCUT2D eigenvalue weighted by atomic mass is 9.83. The van der Waals surface area contributed by atoms with Crippen LogP contribution in [0.3, 0.4) is 0 Å². The topological polar surface area (TPSA) is 29.5 Å². The Morgan fingerprint density at radius 1 is 1.27 bits per heavy atom. The molecule has 0 aromatic heterocycles. The van der Waals surface area contributed by atoms with Crippen molar-refractivity contribution in [2.75, 3.05) is 33.4 Å². The van der Waals surface area contributed by atoms with Crippen LogP contribution in [0.4, 0.5) is 0 Å². The summed E-state index contributed by atoms with van der Waals surface area (Å²) in [6, 6.07) is 0. The third-order valence-corrected chi connectivity index (χ3v) is 3.26. The van der Waals surface area contributed by atoms with E-state index in [0.717, 1.165) is 45.4 Å². The summed E-state index contributed by atoms with van der Waals surface area (Å²) in [5.74, 6) is 0. The van der Waals surface area contributed by atoms with Crippen LogP contribution in [0, 0.1) is 5.41 Å².